The summed E-state index contributed by atoms with van der Waals surface area (Å²) >= 11 is 0. The standard InChI is InChI=1S/C25H32N8O2/c1-26-25(34)31-9-5-22-20(16-31)24(29-33(22)19-6-10-35-11-7-19)32-8-3-4-17-12-21(27-14-23(17)32)18-13-28-30(2)15-18/h12-15,19H,3-11,16H2,1-2H3,(H,26,34). The van der Waals surface area contributed by atoms with E-state index in [1.54, 1.807) is 11.7 Å². The SMILES string of the molecule is CNC(=O)N1CCc2c(c(N3CCCc4cc(-c5cnn(C)c5)ncc43)nn2C2CCOCC2)C1. The molecular formula is C25H32N8O2. The highest BCUT2D eigenvalue weighted by Crippen LogP contribution is 2.40. The largest absolute Gasteiger partial charge is 0.381 e. The first-order valence-electron chi connectivity index (χ1n) is 12.5. The second-order valence-electron chi connectivity index (χ2n) is 9.62. The predicted molar refractivity (Wildman–Crippen MR) is 132 cm³/mol. The summed E-state index contributed by atoms with van der Waals surface area (Å²) in [7, 11) is 3.61. The molecule has 0 bridgehead atoms. The van der Waals surface area contributed by atoms with Gasteiger partial charge in [0.25, 0.3) is 0 Å². The summed E-state index contributed by atoms with van der Waals surface area (Å²) in [5.41, 5.74) is 6.78. The fourth-order valence-electron chi connectivity index (χ4n) is 5.62. The fraction of sp³-hybridized carbons (Fsp3) is 0.520. The highest BCUT2D eigenvalue weighted by Gasteiger charge is 2.34. The molecule has 6 heterocycles. The Morgan fingerprint density at radius 3 is 2.80 bits per heavy atom. The Kier molecular flexibility index (Phi) is 5.68. The molecule has 0 radical (unpaired) electrons. The molecule has 3 aromatic heterocycles. The number of nitrogens with zero attached hydrogens (tertiary/aromatic N) is 7. The van der Waals surface area contributed by atoms with Gasteiger partial charge in [-0.25, -0.2) is 4.79 Å². The van der Waals surface area contributed by atoms with Gasteiger partial charge in [0, 0.05) is 69.8 Å². The number of hydrogen-bond acceptors (Lipinski definition) is 6. The van der Waals surface area contributed by atoms with Crippen molar-refractivity contribution in [3.63, 3.8) is 0 Å². The Morgan fingerprint density at radius 1 is 1.17 bits per heavy atom. The second-order valence-corrected chi connectivity index (χ2v) is 9.62. The van der Waals surface area contributed by atoms with Gasteiger partial charge < -0.3 is 19.9 Å². The number of fused-ring (bicyclic) bond motifs is 2. The number of amides is 2. The molecule has 1 saturated heterocycles. The van der Waals surface area contributed by atoms with Crippen LogP contribution in [0.4, 0.5) is 16.3 Å². The minimum absolute atomic E-state index is 0.0396. The summed E-state index contributed by atoms with van der Waals surface area (Å²) < 4.78 is 9.67. The summed E-state index contributed by atoms with van der Waals surface area (Å²) in [5, 5.41) is 12.3. The first-order valence-corrected chi connectivity index (χ1v) is 12.5. The van der Waals surface area contributed by atoms with Crippen LogP contribution < -0.4 is 10.2 Å². The molecule has 0 aliphatic carbocycles. The zero-order chi connectivity index (χ0) is 23.9. The van der Waals surface area contributed by atoms with Gasteiger partial charge in [-0.1, -0.05) is 0 Å². The van der Waals surface area contributed by atoms with E-state index in [4.69, 9.17) is 14.8 Å². The van der Waals surface area contributed by atoms with Crippen LogP contribution in [0.5, 0.6) is 0 Å². The second kappa shape index (κ2) is 8.99. The van der Waals surface area contributed by atoms with E-state index in [1.165, 1.54) is 11.3 Å². The molecule has 2 amide bonds. The van der Waals surface area contributed by atoms with Crippen molar-refractivity contribution in [1.82, 2.24) is 34.8 Å². The Morgan fingerprint density at radius 2 is 2.03 bits per heavy atom. The van der Waals surface area contributed by atoms with E-state index in [9.17, 15) is 4.79 Å². The summed E-state index contributed by atoms with van der Waals surface area (Å²) in [6.45, 7) is 3.70. The third-order valence-corrected chi connectivity index (χ3v) is 7.44. The fourth-order valence-corrected chi connectivity index (χ4v) is 5.62. The van der Waals surface area contributed by atoms with Gasteiger partial charge in [-0.15, -0.1) is 0 Å². The van der Waals surface area contributed by atoms with Gasteiger partial charge in [0.1, 0.15) is 0 Å². The van der Waals surface area contributed by atoms with E-state index < -0.39 is 0 Å². The van der Waals surface area contributed by atoms with Crippen molar-refractivity contribution in [1.29, 1.82) is 0 Å². The monoisotopic (exact) mass is 476 g/mol. The third kappa shape index (κ3) is 3.95. The van der Waals surface area contributed by atoms with E-state index >= 15 is 0 Å². The van der Waals surface area contributed by atoms with Crippen LogP contribution in [0.25, 0.3) is 11.3 Å². The highest BCUT2D eigenvalue weighted by atomic mass is 16.5. The van der Waals surface area contributed by atoms with Crippen LogP contribution in [0.2, 0.25) is 0 Å². The zero-order valence-electron chi connectivity index (χ0n) is 20.4. The number of carbonyl (C=O) groups excluding carboxylic acids is 1. The minimum Gasteiger partial charge on any atom is -0.381 e. The number of aryl methyl sites for hydroxylation is 2. The average molecular weight is 477 g/mol. The Balaban J connectivity index is 1.40. The Hall–Kier alpha value is -3.40. The predicted octanol–water partition coefficient (Wildman–Crippen LogP) is 2.81. The van der Waals surface area contributed by atoms with Crippen molar-refractivity contribution in [2.45, 2.75) is 44.7 Å². The molecule has 3 aromatic rings. The number of anilines is 2. The zero-order valence-corrected chi connectivity index (χ0v) is 20.4. The topological polar surface area (TPSA) is 93.3 Å². The molecule has 10 nitrogen and oxygen atoms in total. The molecule has 0 spiro atoms. The van der Waals surface area contributed by atoms with Gasteiger partial charge in [0.2, 0.25) is 0 Å². The van der Waals surface area contributed by atoms with E-state index in [0.717, 1.165) is 80.2 Å². The van der Waals surface area contributed by atoms with Crippen LogP contribution in [0.15, 0.2) is 24.7 Å². The lowest BCUT2D eigenvalue weighted by Crippen LogP contribution is -2.42. The van der Waals surface area contributed by atoms with Crippen LogP contribution in [0.3, 0.4) is 0 Å². The van der Waals surface area contributed by atoms with E-state index in [0.29, 0.717) is 19.1 Å². The maximum absolute atomic E-state index is 12.5. The molecule has 0 aromatic carbocycles. The number of carbonyl (C=O) groups is 1. The third-order valence-electron chi connectivity index (χ3n) is 7.44. The van der Waals surface area contributed by atoms with Crippen LogP contribution in [0, 0.1) is 0 Å². The molecular weight excluding hydrogens is 444 g/mol. The van der Waals surface area contributed by atoms with E-state index in [2.05, 4.69) is 26.1 Å². The molecule has 0 saturated carbocycles. The normalized spacial score (nSPS) is 18.3. The van der Waals surface area contributed by atoms with Crippen LogP contribution in [0.1, 0.15) is 42.1 Å². The number of nitrogens with one attached hydrogen (secondary N) is 1. The van der Waals surface area contributed by atoms with Crippen molar-refractivity contribution in [2.24, 2.45) is 7.05 Å². The first kappa shape index (κ1) is 22.1. The lowest BCUT2D eigenvalue weighted by atomic mass is 10.00. The molecule has 10 heteroatoms. The smallest absolute Gasteiger partial charge is 0.317 e. The molecule has 184 valence electrons. The minimum atomic E-state index is -0.0396. The van der Waals surface area contributed by atoms with Gasteiger partial charge >= 0.3 is 6.03 Å². The molecule has 0 unspecified atom stereocenters. The van der Waals surface area contributed by atoms with E-state index in [-0.39, 0.29) is 6.03 Å². The van der Waals surface area contributed by atoms with Crippen molar-refractivity contribution in [3.05, 3.63) is 41.5 Å². The van der Waals surface area contributed by atoms with Gasteiger partial charge in [-0.3, -0.25) is 14.3 Å². The summed E-state index contributed by atoms with van der Waals surface area (Å²) in [6.07, 6.45) is 10.6. The van der Waals surface area contributed by atoms with Gasteiger partial charge in [-0.05, 0) is 37.3 Å². The van der Waals surface area contributed by atoms with E-state index in [1.807, 2.05) is 30.5 Å². The molecule has 1 fully saturated rings. The van der Waals surface area contributed by atoms with Gasteiger partial charge in [-0.2, -0.15) is 10.2 Å². The van der Waals surface area contributed by atoms with Crippen molar-refractivity contribution < 1.29 is 9.53 Å². The van der Waals surface area contributed by atoms with Crippen LogP contribution in [-0.4, -0.2) is 68.8 Å². The van der Waals surface area contributed by atoms with Crippen LogP contribution >= 0.6 is 0 Å². The molecule has 1 N–H and O–H groups in total. The van der Waals surface area contributed by atoms with Crippen LogP contribution in [-0.2, 0) is 31.2 Å². The van der Waals surface area contributed by atoms with Crippen molar-refractivity contribution >= 4 is 17.5 Å². The Bertz CT molecular complexity index is 1240. The first-order chi connectivity index (χ1) is 17.1. The Labute approximate surface area is 204 Å². The molecule has 0 atom stereocenters. The lowest BCUT2D eigenvalue weighted by molar-refractivity contribution is 0.0651. The lowest BCUT2D eigenvalue weighted by Gasteiger charge is -2.32. The quantitative estimate of drug-likeness (QED) is 0.625. The molecule has 35 heavy (non-hydrogen) atoms. The molecule has 3 aliphatic rings. The number of rotatable bonds is 3. The highest BCUT2D eigenvalue weighted by molar-refractivity contribution is 5.76. The number of urea groups is 1. The van der Waals surface area contributed by atoms with Crippen molar-refractivity contribution in [3.8, 4) is 11.3 Å². The van der Waals surface area contributed by atoms with Gasteiger partial charge in [0.05, 0.1) is 36.4 Å². The average Bonchev–Trinajstić information content (AvgIpc) is 3.51. The molecule has 3 aliphatic heterocycles. The summed E-state index contributed by atoms with van der Waals surface area (Å²) in [4.78, 5) is 21.5. The number of pyridine rings is 1. The summed E-state index contributed by atoms with van der Waals surface area (Å²) in [5.74, 6) is 0.969. The number of aromatic nitrogens is 5. The maximum Gasteiger partial charge on any atom is 0.317 e. The summed E-state index contributed by atoms with van der Waals surface area (Å²) in [6, 6.07) is 2.49. The molecule has 6 rings (SSSR count). The van der Waals surface area contributed by atoms with Crippen molar-refractivity contribution in [2.75, 3.05) is 38.3 Å². The number of ether oxygens (including phenoxy) is 1. The maximum atomic E-state index is 12.5. The van der Waals surface area contributed by atoms with Gasteiger partial charge in [0.15, 0.2) is 5.82 Å². The number of hydrogen-bond donors (Lipinski definition) is 1.